The lowest BCUT2D eigenvalue weighted by Crippen LogP contribution is -2.57. The normalized spacial score (nSPS) is 19.5. The Kier molecular flexibility index (Phi) is 2.84. The van der Waals surface area contributed by atoms with Gasteiger partial charge in [0.25, 0.3) is 0 Å². The van der Waals surface area contributed by atoms with Crippen molar-refractivity contribution in [2.24, 2.45) is 11.1 Å². The lowest BCUT2D eigenvalue weighted by Gasteiger charge is -2.51. The molecule has 0 bridgehead atoms. The summed E-state index contributed by atoms with van der Waals surface area (Å²) < 4.78 is 11.2. The summed E-state index contributed by atoms with van der Waals surface area (Å²) in [6.07, 6.45) is 0.982. The molecule has 16 heavy (non-hydrogen) atoms. The van der Waals surface area contributed by atoms with E-state index < -0.39 is 0 Å². The van der Waals surface area contributed by atoms with Gasteiger partial charge in [0.15, 0.2) is 0 Å². The quantitative estimate of drug-likeness (QED) is 0.851. The number of hydrogen-bond donors (Lipinski definition) is 1. The van der Waals surface area contributed by atoms with E-state index in [0.717, 1.165) is 31.2 Å². The fraction of sp³-hybridized carbons (Fsp3) is 0.692. The summed E-state index contributed by atoms with van der Waals surface area (Å²) in [6.45, 7) is 8.67. The maximum atomic E-state index is 5.80. The standard InChI is InChI=1S/C13H21NO2/c1-10-4-5-11(16-10)13(8-15-9-13)12(2,3)6-7-14/h4-5H,6-9,14H2,1-3H3. The van der Waals surface area contributed by atoms with Crippen LogP contribution in [0.25, 0.3) is 0 Å². The smallest absolute Gasteiger partial charge is 0.115 e. The van der Waals surface area contributed by atoms with E-state index in [2.05, 4.69) is 19.9 Å². The van der Waals surface area contributed by atoms with Gasteiger partial charge < -0.3 is 14.9 Å². The first-order valence-corrected chi connectivity index (χ1v) is 5.87. The number of furan rings is 1. The fourth-order valence-electron chi connectivity index (χ4n) is 2.46. The monoisotopic (exact) mass is 223 g/mol. The summed E-state index contributed by atoms with van der Waals surface area (Å²) in [5.74, 6) is 2.01. The molecule has 90 valence electrons. The predicted octanol–water partition coefficient (Wildman–Crippen LogP) is 2.23. The summed E-state index contributed by atoms with van der Waals surface area (Å²) >= 11 is 0. The van der Waals surface area contributed by atoms with Crippen LogP contribution in [-0.2, 0) is 10.2 Å². The van der Waals surface area contributed by atoms with Crippen LogP contribution < -0.4 is 5.73 Å². The summed E-state index contributed by atoms with van der Waals surface area (Å²) in [5, 5.41) is 0. The zero-order chi connectivity index (χ0) is 11.8. The van der Waals surface area contributed by atoms with Gasteiger partial charge in [-0.25, -0.2) is 0 Å². The van der Waals surface area contributed by atoms with E-state index in [1.165, 1.54) is 0 Å². The second kappa shape index (κ2) is 3.90. The van der Waals surface area contributed by atoms with Crippen molar-refractivity contribution >= 4 is 0 Å². The first kappa shape index (κ1) is 11.7. The fourth-order valence-corrected chi connectivity index (χ4v) is 2.46. The van der Waals surface area contributed by atoms with Crippen LogP contribution in [-0.4, -0.2) is 19.8 Å². The van der Waals surface area contributed by atoms with E-state index in [1.807, 2.05) is 13.0 Å². The second-order valence-corrected chi connectivity index (χ2v) is 5.41. The molecule has 0 atom stereocenters. The molecule has 0 saturated carbocycles. The van der Waals surface area contributed by atoms with Gasteiger partial charge in [0.05, 0.1) is 18.6 Å². The SMILES string of the molecule is Cc1ccc(C2(C(C)(C)CCN)COC2)o1. The molecule has 0 radical (unpaired) electrons. The van der Waals surface area contributed by atoms with Crippen molar-refractivity contribution in [1.82, 2.24) is 0 Å². The zero-order valence-electron chi connectivity index (χ0n) is 10.4. The van der Waals surface area contributed by atoms with Gasteiger partial charge in [0.1, 0.15) is 11.5 Å². The molecule has 2 heterocycles. The topological polar surface area (TPSA) is 48.4 Å². The highest BCUT2D eigenvalue weighted by Gasteiger charge is 2.53. The molecule has 1 saturated heterocycles. The van der Waals surface area contributed by atoms with Gasteiger partial charge in [-0.15, -0.1) is 0 Å². The molecular weight excluding hydrogens is 202 g/mol. The molecule has 0 spiro atoms. The predicted molar refractivity (Wildman–Crippen MR) is 63.4 cm³/mol. The van der Waals surface area contributed by atoms with Crippen molar-refractivity contribution < 1.29 is 9.15 Å². The number of aryl methyl sites for hydroxylation is 1. The van der Waals surface area contributed by atoms with E-state index in [-0.39, 0.29) is 10.8 Å². The highest BCUT2D eigenvalue weighted by molar-refractivity contribution is 5.24. The molecule has 1 aliphatic heterocycles. The summed E-state index contributed by atoms with van der Waals surface area (Å²) in [4.78, 5) is 0. The Morgan fingerprint density at radius 3 is 2.44 bits per heavy atom. The maximum Gasteiger partial charge on any atom is 0.115 e. The van der Waals surface area contributed by atoms with Crippen LogP contribution in [0, 0.1) is 12.3 Å². The summed E-state index contributed by atoms with van der Waals surface area (Å²) in [6, 6.07) is 4.10. The Balaban J connectivity index is 2.32. The van der Waals surface area contributed by atoms with E-state index in [4.69, 9.17) is 14.9 Å². The van der Waals surface area contributed by atoms with E-state index in [1.54, 1.807) is 0 Å². The van der Waals surface area contributed by atoms with E-state index in [9.17, 15) is 0 Å². The Labute approximate surface area is 97.0 Å². The zero-order valence-corrected chi connectivity index (χ0v) is 10.4. The molecule has 2 rings (SSSR count). The number of ether oxygens (including phenoxy) is 1. The van der Waals surface area contributed by atoms with Crippen LogP contribution in [0.1, 0.15) is 31.8 Å². The molecule has 3 nitrogen and oxygen atoms in total. The Hall–Kier alpha value is -0.800. The van der Waals surface area contributed by atoms with Gasteiger partial charge in [0.2, 0.25) is 0 Å². The first-order valence-electron chi connectivity index (χ1n) is 5.87. The van der Waals surface area contributed by atoms with Gasteiger partial charge in [0, 0.05) is 0 Å². The number of hydrogen-bond acceptors (Lipinski definition) is 3. The molecule has 0 aromatic carbocycles. The number of rotatable bonds is 4. The van der Waals surface area contributed by atoms with Crippen LogP contribution in [0.15, 0.2) is 16.5 Å². The van der Waals surface area contributed by atoms with Crippen molar-refractivity contribution in [3.05, 3.63) is 23.7 Å². The lowest BCUT2D eigenvalue weighted by molar-refractivity contribution is -0.130. The molecular formula is C13H21NO2. The minimum atomic E-state index is 0.0145. The van der Waals surface area contributed by atoms with E-state index in [0.29, 0.717) is 6.54 Å². The van der Waals surface area contributed by atoms with Crippen molar-refractivity contribution in [3.8, 4) is 0 Å². The summed E-state index contributed by atoms with van der Waals surface area (Å²) in [5.41, 5.74) is 5.83. The van der Waals surface area contributed by atoms with Crippen LogP contribution in [0.3, 0.4) is 0 Å². The van der Waals surface area contributed by atoms with Crippen LogP contribution in [0.5, 0.6) is 0 Å². The molecule has 0 unspecified atom stereocenters. The van der Waals surface area contributed by atoms with Crippen molar-refractivity contribution in [2.45, 2.75) is 32.6 Å². The Bertz CT molecular complexity index is 364. The third kappa shape index (κ3) is 1.59. The van der Waals surface area contributed by atoms with Gasteiger partial charge in [-0.1, -0.05) is 13.8 Å². The third-order valence-electron chi connectivity index (χ3n) is 3.97. The average Bonchev–Trinajstić information content (AvgIpc) is 2.49. The molecule has 2 N–H and O–H groups in total. The van der Waals surface area contributed by atoms with Crippen molar-refractivity contribution in [1.29, 1.82) is 0 Å². The van der Waals surface area contributed by atoms with Gasteiger partial charge in [-0.05, 0) is 37.4 Å². The Morgan fingerprint density at radius 1 is 1.38 bits per heavy atom. The van der Waals surface area contributed by atoms with E-state index >= 15 is 0 Å². The van der Waals surface area contributed by atoms with Gasteiger partial charge in [-0.3, -0.25) is 0 Å². The van der Waals surface area contributed by atoms with Gasteiger partial charge >= 0.3 is 0 Å². The molecule has 1 fully saturated rings. The molecule has 0 aliphatic carbocycles. The lowest BCUT2D eigenvalue weighted by atomic mass is 9.61. The highest BCUT2D eigenvalue weighted by Crippen LogP contribution is 2.49. The number of nitrogens with two attached hydrogens (primary N) is 1. The third-order valence-corrected chi connectivity index (χ3v) is 3.97. The van der Waals surface area contributed by atoms with Crippen LogP contribution >= 0.6 is 0 Å². The summed E-state index contributed by atoms with van der Waals surface area (Å²) in [7, 11) is 0. The molecule has 1 aromatic heterocycles. The molecule has 0 amide bonds. The van der Waals surface area contributed by atoms with Crippen LogP contribution in [0.4, 0.5) is 0 Å². The minimum absolute atomic E-state index is 0.0145. The van der Waals surface area contributed by atoms with Crippen LogP contribution in [0.2, 0.25) is 0 Å². The first-order chi connectivity index (χ1) is 7.52. The minimum Gasteiger partial charge on any atom is -0.466 e. The maximum absolute atomic E-state index is 5.80. The van der Waals surface area contributed by atoms with Crippen molar-refractivity contribution in [2.75, 3.05) is 19.8 Å². The largest absolute Gasteiger partial charge is 0.466 e. The van der Waals surface area contributed by atoms with Crippen molar-refractivity contribution in [3.63, 3.8) is 0 Å². The Morgan fingerprint density at radius 2 is 2.06 bits per heavy atom. The molecule has 1 aliphatic rings. The molecule has 3 heteroatoms. The van der Waals surface area contributed by atoms with Gasteiger partial charge in [-0.2, -0.15) is 0 Å². The highest BCUT2D eigenvalue weighted by atomic mass is 16.5. The average molecular weight is 223 g/mol. The molecule has 1 aromatic rings. The second-order valence-electron chi connectivity index (χ2n) is 5.41.